The van der Waals surface area contributed by atoms with Crippen LogP contribution < -0.4 is 9.47 Å². The summed E-state index contributed by atoms with van der Waals surface area (Å²) in [7, 11) is 1.48. The Kier molecular flexibility index (Phi) is 4.39. The standard InChI is InChI=1S/C13H18N2O5/c1-4-18-11(16)13(2)7-9(8-19-13)20-10-5-6-14-12(15-10)17-3/h5-6,9H,4,7-8H2,1-3H3. The number of rotatable bonds is 5. The second-order valence-electron chi connectivity index (χ2n) is 4.59. The van der Waals surface area contributed by atoms with Gasteiger partial charge in [-0.3, -0.25) is 0 Å². The molecule has 1 saturated heterocycles. The zero-order valence-corrected chi connectivity index (χ0v) is 11.8. The van der Waals surface area contributed by atoms with Gasteiger partial charge in [-0.25, -0.2) is 9.78 Å². The Bertz CT molecular complexity index is 482. The summed E-state index contributed by atoms with van der Waals surface area (Å²) in [5, 5.41) is 0. The quantitative estimate of drug-likeness (QED) is 0.744. The van der Waals surface area contributed by atoms with Gasteiger partial charge in [-0.2, -0.15) is 4.98 Å². The van der Waals surface area contributed by atoms with Crippen LogP contribution >= 0.6 is 0 Å². The lowest BCUT2D eigenvalue weighted by Crippen LogP contribution is -2.37. The van der Waals surface area contributed by atoms with Crippen molar-refractivity contribution < 1.29 is 23.7 Å². The topological polar surface area (TPSA) is 79.8 Å². The van der Waals surface area contributed by atoms with Crippen molar-refractivity contribution >= 4 is 5.97 Å². The highest BCUT2D eigenvalue weighted by Crippen LogP contribution is 2.29. The minimum Gasteiger partial charge on any atom is -0.472 e. The molecule has 2 atom stereocenters. The van der Waals surface area contributed by atoms with Gasteiger partial charge in [0.15, 0.2) is 5.60 Å². The highest BCUT2D eigenvalue weighted by molar-refractivity contribution is 5.79. The van der Waals surface area contributed by atoms with Gasteiger partial charge in [0.1, 0.15) is 6.10 Å². The van der Waals surface area contributed by atoms with Gasteiger partial charge in [0.05, 0.1) is 20.3 Å². The molecule has 1 aliphatic heterocycles. The molecule has 7 heteroatoms. The fraction of sp³-hybridized carbons (Fsp3) is 0.615. The number of esters is 1. The summed E-state index contributed by atoms with van der Waals surface area (Å²) in [6, 6.07) is 1.86. The van der Waals surface area contributed by atoms with Crippen molar-refractivity contribution in [3.05, 3.63) is 12.3 Å². The normalized spacial score (nSPS) is 25.2. The molecule has 2 unspecified atom stereocenters. The van der Waals surface area contributed by atoms with E-state index in [1.54, 1.807) is 26.1 Å². The first-order chi connectivity index (χ1) is 9.57. The number of aromatic nitrogens is 2. The smallest absolute Gasteiger partial charge is 0.338 e. The molecule has 0 N–H and O–H groups in total. The fourth-order valence-electron chi connectivity index (χ4n) is 1.99. The van der Waals surface area contributed by atoms with Gasteiger partial charge < -0.3 is 18.9 Å². The van der Waals surface area contributed by atoms with Crippen molar-refractivity contribution in [1.29, 1.82) is 0 Å². The molecule has 0 radical (unpaired) electrons. The van der Waals surface area contributed by atoms with E-state index < -0.39 is 5.60 Å². The van der Waals surface area contributed by atoms with Crippen molar-refractivity contribution in [2.75, 3.05) is 20.3 Å². The molecule has 20 heavy (non-hydrogen) atoms. The zero-order valence-electron chi connectivity index (χ0n) is 11.8. The van der Waals surface area contributed by atoms with Gasteiger partial charge in [-0.05, 0) is 13.8 Å². The van der Waals surface area contributed by atoms with Crippen LogP contribution in [0.5, 0.6) is 11.9 Å². The predicted molar refractivity (Wildman–Crippen MR) is 68.6 cm³/mol. The van der Waals surface area contributed by atoms with Crippen LogP contribution in [0.3, 0.4) is 0 Å². The van der Waals surface area contributed by atoms with Gasteiger partial charge in [0.25, 0.3) is 0 Å². The van der Waals surface area contributed by atoms with E-state index in [2.05, 4.69) is 9.97 Å². The van der Waals surface area contributed by atoms with Gasteiger partial charge in [-0.15, -0.1) is 0 Å². The molecule has 1 aliphatic rings. The maximum absolute atomic E-state index is 11.8. The molecule has 0 aromatic carbocycles. The third-order valence-corrected chi connectivity index (χ3v) is 2.99. The summed E-state index contributed by atoms with van der Waals surface area (Å²) in [5.41, 5.74) is -0.961. The molecule has 0 bridgehead atoms. The molecule has 7 nitrogen and oxygen atoms in total. The molecule has 0 saturated carbocycles. The largest absolute Gasteiger partial charge is 0.472 e. The lowest BCUT2D eigenvalue weighted by molar-refractivity contribution is -0.164. The monoisotopic (exact) mass is 282 g/mol. The van der Waals surface area contributed by atoms with E-state index in [4.69, 9.17) is 18.9 Å². The Balaban J connectivity index is 1.97. The van der Waals surface area contributed by atoms with Crippen LogP contribution in [0.15, 0.2) is 12.3 Å². The first kappa shape index (κ1) is 14.5. The van der Waals surface area contributed by atoms with Crippen molar-refractivity contribution in [3.63, 3.8) is 0 Å². The zero-order chi connectivity index (χ0) is 14.6. The summed E-state index contributed by atoms with van der Waals surface area (Å²) in [6.45, 7) is 4.10. The van der Waals surface area contributed by atoms with E-state index in [1.165, 1.54) is 7.11 Å². The maximum Gasteiger partial charge on any atom is 0.338 e. The minimum atomic E-state index is -0.961. The first-order valence-corrected chi connectivity index (χ1v) is 6.42. The highest BCUT2D eigenvalue weighted by atomic mass is 16.6. The molecule has 0 spiro atoms. The molecule has 1 aromatic rings. The third-order valence-electron chi connectivity index (χ3n) is 2.99. The predicted octanol–water partition coefficient (Wildman–Crippen LogP) is 0.975. The molecule has 1 fully saturated rings. The number of hydrogen-bond donors (Lipinski definition) is 0. The van der Waals surface area contributed by atoms with Gasteiger partial charge in [0.2, 0.25) is 5.88 Å². The van der Waals surface area contributed by atoms with Crippen LogP contribution in [0.1, 0.15) is 20.3 Å². The molecule has 110 valence electrons. The first-order valence-electron chi connectivity index (χ1n) is 6.42. The Morgan fingerprint density at radius 1 is 1.60 bits per heavy atom. The minimum absolute atomic E-state index is 0.231. The Morgan fingerprint density at radius 2 is 2.40 bits per heavy atom. The molecule has 2 heterocycles. The summed E-state index contributed by atoms with van der Waals surface area (Å²) >= 11 is 0. The number of carbonyl (C=O) groups excluding carboxylic acids is 1. The van der Waals surface area contributed by atoms with Gasteiger partial charge in [-0.1, -0.05) is 0 Å². The number of carbonyl (C=O) groups is 1. The number of nitrogens with zero attached hydrogens (tertiary/aromatic N) is 2. The molecular weight excluding hydrogens is 264 g/mol. The molecule has 2 rings (SSSR count). The third kappa shape index (κ3) is 3.16. The summed E-state index contributed by atoms with van der Waals surface area (Å²) < 4.78 is 21.1. The molecule has 0 amide bonds. The van der Waals surface area contributed by atoms with Gasteiger partial charge in [0, 0.05) is 18.7 Å². The molecular formula is C13H18N2O5. The molecule has 0 aliphatic carbocycles. The fourth-order valence-corrected chi connectivity index (χ4v) is 1.99. The highest BCUT2D eigenvalue weighted by Gasteiger charge is 2.45. The number of hydrogen-bond acceptors (Lipinski definition) is 7. The van der Waals surface area contributed by atoms with E-state index in [0.29, 0.717) is 25.5 Å². The van der Waals surface area contributed by atoms with Crippen LogP contribution in [0.2, 0.25) is 0 Å². The van der Waals surface area contributed by atoms with Crippen molar-refractivity contribution in [1.82, 2.24) is 9.97 Å². The van der Waals surface area contributed by atoms with Crippen LogP contribution in [-0.4, -0.2) is 48.0 Å². The molecule has 1 aromatic heterocycles. The Morgan fingerprint density at radius 3 is 3.10 bits per heavy atom. The van der Waals surface area contributed by atoms with Crippen LogP contribution in [0.25, 0.3) is 0 Å². The summed E-state index contributed by atoms with van der Waals surface area (Å²) in [6.07, 6.45) is 1.70. The Labute approximate surface area is 117 Å². The maximum atomic E-state index is 11.8. The second-order valence-corrected chi connectivity index (χ2v) is 4.59. The van der Waals surface area contributed by atoms with Crippen LogP contribution in [-0.2, 0) is 14.3 Å². The number of ether oxygens (including phenoxy) is 4. The van der Waals surface area contributed by atoms with Crippen molar-refractivity contribution in [3.8, 4) is 11.9 Å². The Hall–Kier alpha value is -1.89. The van der Waals surface area contributed by atoms with Crippen molar-refractivity contribution in [2.45, 2.75) is 32.0 Å². The average Bonchev–Trinajstić information content (AvgIpc) is 2.82. The van der Waals surface area contributed by atoms with Crippen molar-refractivity contribution in [2.24, 2.45) is 0 Å². The van der Waals surface area contributed by atoms with Crippen LogP contribution in [0, 0.1) is 0 Å². The van der Waals surface area contributed by atoms with E-state index in [1.807, 2.05) is 0 Å². The van der Waals surface area contributed by atoms with Crippen LogP contribution in [0.4, 0.5) is 0 Å². The summed E-state index contributed by atoms with van der Waals surface area (Å²) in [4.78, 5) is 19.8. The van der Waals surface area contributed by atoms with E-state index >= 15 is 0 Å². The van der Waals surface area contributed by atoms with E-state index in [9.17, 15) is 4.79 Å². The second kappa shape index (κ2) is 6.04. The summed E-state index contributed by atoms with van der Waals surface area (Å²) in [5.74, 6) is 0.0185. The number of methoxy groups -OCH3 is 1. The van der Waals surface area contributed by atoms with E-state index in [0.717, 1.165) is 0 Å². The lowest BCUT2D eigenvalue weighted by atomic mass is 10.0. The lowest BCUT2D eigenvalue weighted by Gasteiger charge is -2.20. The SMILES string of the molecule is CCOC(=O)C1(C)CC(Oc2ccnc(OC)n2)CO1. The average molecular weight is 282 g/mol. The van der Waals surface area contributed by atoms with E-state index in [-0.39, 0.29) is 18.1 Å². The van der Waals surface area contributed by atoms with Gasteiger partial charge >= 0.3 is 12.0 Å².